The molecule has 2 heterocycles. The zero-order valence-corrected chi connectivity index (χ0v) is 20.2. The van der Waals surface area contributed by atoms with Crippen molar-refractivity contribution in [3.63, 3.8) is 0 Å². The highest BCUT2D eigenvalue weighted by molar-refractivity contribution is 7.10. The van der Waals surface area contributed by atoms with Gasteiger partial charge in [0.25, 0.3) is 5.91 Å². The summed E-state index contributed by atoms with van der Waals surface area (Å²) < 4.78 is 10.8. The summed E-state index contributed by atoms with van der Waals surface area (Å²) in [4.78, 5) is 19.1. The summed E-state index contributed by atoms with van der Waals surface area (Å²) in [6.45, 7) is 5.70. The van der Waals surface area contributed by atoms with Gasteiger partial charge in [0.05, 0.1) is 25.9 Å². The standard InChI is InChI=1S/C26H31N3O3S/c1-19(27-26(30)20-8-6-9-21(18-20)31-2)25(24-12-7-17-33-24)29-15-13-28(14-16-29)22-10-4-5-11-23(22)32-3/h4-12,17-19,25H,13-16H2,1-3H3,(H,27,30). The molecule has 1 aliphatic rings. The number of amides is 1. The third-order valence-corrected chi connectivity index (χ3v) is 7.08. The lowest BCUT2D eigenvalue weighted by Gasteiger charge is -2.42. The van der Waals surface area contributed by atoms with Crippen LogP contribution in [0.2, 0.25) is 0 Å². The molecule has 33 heavy (non-hydrogen) atoms. The van der Waals surface area contributed by atoms with Crippen LogP contribution in [0.3, 0.4) is 0 Å². The van der Waals surface area contributed by atoms with E-state index in [4.69, 9.17) is 9.47 Å². The first-order chi connectivity index (χ1) is 16.1. The quantitative estimate of drug-likeness (QED) is 0.533. The molecule has 7 heteroatoms. The van der Waals surface area contributed by atoms with Crippen molar-refractivity contribution >= 4 is 22.9 Å². The molecule has 0 radical (unpaired) electrons. The fourth-order valence-corrected chi connectivity index (χ4v) is 5.43. The van der Waals surface area contributed by atoms with Gasteiger partial charge in [-0.3, -0.25) is 9.69 Å². The van der Waals surface area contributed by atoms with Crippen molar-refractivity contribution in [3.05, 3.63) is 76.5 Å². The molecule has 2 unspecified atom stereocenters. The van der Waals surface area contributed by atoms with E-state index in [1.165, 1.54) is 4.88 Å². The molecule has 174 valence electrons. The van der Waals surface area contributed by atoms with E-state index in [9.17, 15) is 4.79 Å². The van der Waals surface area contributed by atoms with Gasteiger partial charge in [-0.1, -0.05) is 24.3 Å². The number of ether oxygens (including phenoxy) is 2. The van der Waals surface area contributed by atoms with E-state index in [1.807, 2.05) is 30.3 Å². The largest absolute Gasteiger partial charge is 0.497 e. The number of para-hydroxylation sites is 2. The third kappa shape index (κ3) is 5.31. The van der Waals surface area contributed by atoms with Crippen LogP contribution >= 0.6 is 11.3 Å². The number of carbonyl (C=O) groups excluding carboxylic acids is 1. The van der Waals surface area contributed by atoms with Crippen LogP contribution in [0.4, 0.5) is 5.69 Å². The number of carbonyl (C=O) groups is 1. The molecule has 2 aromatic carbocycles. The number of thiophene rings is 1. The van der Waals surface area contributed by atoms with Crippen LogP contribution in [0.5, 0.6) is 11.5 Å². The Balaban J connectivity index is 1.47. The molecule has 3 aromatic rings. The molecule has 1 amide bonds. The second-order valence-electron chi connectivity index (χ2n) is 8.15. The molecule has 2 atom stereocenters. The lowest BCUT2D eigenvalue weighted by molar-refractivity contribution is 0.0890. The van der Waals surface area contributed by atoms with Crippen molar-refractivity contribution in [2.45, 2.75) is 19.0 Å². The normalized spacial score (nSPS) is 16.2. The van der Waals surface area contributed by atoms with Gasteiger partial charge >= 0.3 is 0 Å². The number of piperazine rings is 1. The third-order valence-electron chi connectivity index (χ3n) is 6.13. The van der Waals surface area contributed by atoms with E-state index < -0.39 is 0 Å². The maximum Gasteiger partial charge on any atom is 0.251 e. The summed E-state index contributed by atoms with van der Waals surface area (Å²) in [5, 5.41) is 5.33. The predicted octanol–water partition coefficient (Wildman–Crippen LogP) is 4.45. The number of hydrogen-bond donors (Lipinski definition) is 1. The number of rotatable bonds is 8. The smallest absolute Gasteiger partial charge is 0.251 e. The van der Waals surface area contributed by atoms with Gasteiger partial charge in [-0.15, -0.1) is 11.3 Å². The minimum absolute atomic E-state index is 0.0554. The average Bonchev–Trinajstić information content (AvgIpc) is 3.39. The molecular formula is C26H31N3O3S. The Kier molecular flexibility index (Phi) is 7.52. The summed E-state index contributed by atoms with van der Waals surface area (Å²) in [7, 11) is 3.33. The maximum atomic E-state index is 13.0. The molecule has 1 aromatic heterocycles. The van der Waals surface area contributed by atoms with E-state index >= 15 is 0 Å². The second kappa shape index (κ2) is 10.7. The first-order valence-corrected chi connectivity index (χ1v) is 12.1. The van der Waals surface area contributed by atoms with Crippen molar-refractivity contribution in [3.8, 4) is 11.5 Å². The molecule has 1 fully saturated rings. The van der Waals surface area contributed by atoms with Crippen LogP contribution in [0.15, 0.2) is 66.0 Å². The Labute approximate surface area is 199 Å². The van der Waals surface area contributed by atoms with E-state index in [2.05, 4.69) is 51.7 Å². The number of nitrogens with zero attached hydrogens (tertiary/aromatic N) is 2. The maximum absolute atomic E-state index is 13.0. The second-order valence-corrected chi connectivity index (χ2v) is 9.13. The van der Waals surface area contributed by atoms with Gasteiger partial charge in [0.1, 0.15) is 11.5 Å². The average molecular weight is 466 g/mol. The van der Waals surface area contributed by atoms with Crippen molar-refractivity contribution in [1.82, 2.24) is 10.2 Å². The summed E-state index contributed by atoms with van der Waals surface area (Å²) >= 11 is 1.74. The Morgan fingerprint density at radius 2 is 1.76 bits per heavy atom. The van der Waals surface area contributed by atoms with Gasteiger partial charge < -0.3 is 19.7 Å². The molecule has 6 nitrogen and oxygen atoms in total. The minimum Gasteiger partial charge on any atom is -0.497 e. The summed E-state index contributed by atoms with van der Waals surface area (Å²) in [5.74, 6) is 1.49. The van der Waals surface area contributed by atoms with Crippen LogP contribution in [-0.4, -0.2) is 57.2 Å². The predicted molar refractivity (Wildman–Crippen MR) is 134 cm³/mol. The van der Waals surface area contributed by atoms with Gasteiger partial charge in [-0.2, -0.15) is 0 Å². The number of hydrogen-bond acceptors (Lipinski definition) is 6. The molecule has 0 spiro atoms. The zero-order chi connectivity index (χ0) is 23.2. The topological polar surface area (TPSA) is 54.0 Å². The van der Waals surface area contributed by atoms with Gasteiger partial charge in [-0.25, -0.2) is 0 Å². The Morgan fingerprint density at radius 3 is 2.45 bits per heavy atom. The summed E-state index contributed by atoms with van der Waals surface area (Å²) in [6.07, 6.45) is 0. The number of anilines is 1. The SMILES string of the molecule is COc1cccc(C(=O)NC(C)C(c2cccs2)N2CCN(c3ccccc3OC)CC2)c1. The molecule has 0 aliphatic carbocycles. The van der Waals surface area contributed by atoms with Crippen molar-refractivity contribution < 1.29 is 14.3 Å². The van der Waals surface area contributed by atoms with Crippen molar-refractivity contribution in [1.29, 1.82) is 0 Å². The highest BCUT2D eigenvalue weighted by atomic mass is 32.1. The van der Waals surface area contributed by atoms with Crippen LogP contribution in [-0.2, 0) is 0 Å². The molecule has 1 saturated heterocycles. The van der Waals surface area contributed by atoms with Crippen molar-refractivity contribution in [2.75, 3.05) is 45.3 Å². The molecule has 4 rings (SSSR count). The Morgan fingerprint density at radius 1 is 0.970 bits per heavy atom. The fraction of sp³-hybridized carbons (Fsp3) is 0.346. The highest BCUT2D eigenvalue weighted by Crippen LogP contribution is 2.33. The first kappa shape index (κ1) is 23.1. The molecular weight excluding hydrogens is 434 g/mol. The van der Waals surface area contributed by atoms with E-state index in [0.717, 1.165) is 37.6 Å². The van der Waals surface area contributed by atoms with E-state index in [-0.39, 0.29) is 18.0 Å². The van der Waals surface area contributed by atoms with E-state index in [0.29, 0.717) is 11.3 Å². The first-order valence-electron chi connectivity index (χ1n) is 11.2. The summed E-state index contributed by atoms with van der Waals surface area (Å²) in [5.41, 5.74) is 1.74. The van der Waals surface area contributed by atoms with Crippen molar-refractivity contribution in [2.24, 2.45) is 0 Å². The van der Waals surface area contributed by atoms with Crippen LogP contribution < -0.4 is 19.7 Å². The summed E-state index contributed by atoms with van der Waals surface area (Å²) in [6, 6.07) is 19.7. The van der Waals surface area contributed by atoms with Gasteiger partial charge in [0.15, 0.2) is 0 Å². The number of methoxy groups -OCH3 is 2. The zero-order valence-electron chi connectivity index (χ0n) is 19.4. The lowest BCUT2D eigenvalue weighted by atomic mass is 10.0. The Bertz CT molecular complexity index is 1050. The molecule has 1 N–H and O–H groups in total. The molecule has 1 aliphatic heterocycles. The number of nitrogens with one attached hydrogen (secondary N) is 1. The minimum atomic E-state index is -0.0874. The van der Waals surface area contributed by atoms with Crippen LogP contribution in [0, 0.1) is 0 Å². The lowest BCUT2D eigenvalue weighted by Crippen LogP contribution is -2.52. The van der Waals surface area contributed by atoms with Gasteiger partial charge in [0, 0.05) is 42.7 Å². The monoisotopic (exact) mass is 465 g/mol. The van der Waals surface area contributed by atoms with Gasteiger partial charge in [0.2, 0.25) is 0 Å². The fourth-order valence-electron chi connectivity index (χ4n) is 4.47. The highest BCUT2D eigenvalue weighted by Gasteiger charge is 2.31. The molecule has 0 saturated carbocycles. The van der Waals surface area contributed by atoms with Gasteiger partial charge in [-0.05, 0) is 48.7 Å². The van der Waals surface area contributed by atoms with Crippen LogP contribution in [0.25, 0.3) is 0 Å². The Hall–Kier alpha value is -3.03. The van der Waals surface area contributed by atoms with E-state index in [1.54, 1.807) is 31.6 Å². The molecule has 0 bridgehead atoms. The van der Waals surface area contributed by atoms with Crippen LogP contribution in [0.1, 0.15) is 28.2 Å². The number of benzene rings is 2.